The minimum Gasteiger partial charge on any atom is -0.388 e. The molecule has 2 aliphatic rings. The molecule has 100 valence electrons. The van der Waals surface area contributed by atoms with Gasteiger partial charge in [0, 0.05) is 19.1 Å². The zero-order chi connectivity index (χ0) is 12.5. The lowest BCUT2D eigenvalue weighted by Gasteiger charge is -2.31. The lowest BCUT2D eigenvalue weighted by molar-refractivity contribution is 0.00426. The Morgan fingerprint density at radius 3 is 2.76 bits per heavy atom. The van der Waals surface area contributed by atoms with Gasteiger partial charge in [0.15, 0.2) is 0 Å². The van der Waals surface area contributed by atoms with Crippen molar-refractivity contribution in [3.8, 4) is 0 Å². The summed E-state index contributed by atoms with van der Waals surface area (Å²) in [6.07, 6.45) is 5.65. The first kappa shape index (κ1) is 13.3. The van der Waals surface area contributed by atoms with E-state index in [0.717, 1.165) is 44.2 Å². The van der Waals surface area contributed by atoms with Crippen molar-refractivity contribution in [2.45, 2.75) is 57.6 Å². The van der Waals surface area contributed by atoms with E-state index in [1.54, 1.807) is 0 Å². The molecule has 0 bridgehead atoms. The van der Waals surface area contributed by atoms with E-state index in [-0.39, 0.29) is 0 Å². The Kier molecular flexibility index (Phi) is 4.11. The second kappa shape index (κ2) is 5.25. The van der Waals surface area contributed by atoms with Crippen LogP contribution < -0.4 is 5.73 Å². The van der Waals surface area contributed by atoms with E-state index < -0.39 is 5.60 Å². The van der Waals surface area contributed by atoms with Gasteiger partial charge < -0.3 is 15.7 Å². The highest BCUT2D eigenvalue weighted by Crippen LogP contribution is 2.37. The molecular weight excluding hydrogens is 212 g/mol. The van der Waals surface area contributed by atoms with Crippen LogP contribution in [0, 0.1) is 11.8 Å². The first-order chi connectivity index (χ1) is 8.05. The second-order valence-corrected chi connectivity index (χ2v) is 6.37. The molecule has 17 heavy (non-hydrogen) atoms. The van der Waals surface area contributed by atoms with Crippen molar-refractivity contribution < 1.29 is 5.11 Å². The summed E-state index contributed by atoms with van der Waals surface area (Å²) in [6, 6.07) is 0.720. The van der Waals surface area contributed by atoms with Crippen LogP contribution >= 0.6 is 0 Å². The lowest BCUT2D eigenvalue weighted by Crippen LogP contribution is -2.42. The molecule has 3 nitrogen and oxygen atoms in total. The number of hydrogen-bond acceptors (Lipinski definition) is 3. The van der Waals surface area contributed by atoms with E-state index in [4.69, 9.17) is 5.73 Å². The van der Waals surface area contributed by atoms with Gasteiger partial charge in [0.25, 0.3) is 0 Å². The van der Waals surface area contributed by atoms with Gasteiger partial charge in [0.05, 0.1) is 5.60 Å². The van der Waals surface area contributed by atoms with E-state index in [1.807, 2.05) is 0 Å². The summed E-state index contributed by atoms with van der Waals surface area (Å²) in [6.45, 7) is 7.46. The SMILES string of the molecule is CC1CC(C)N(CCC2CCCC2(O)CN)C1. The van der Waals surface area contributed by atoms with Gasteiger partial charge in [-0.2, -0.15) is 0 Å². The summed E-state index contributed by atoms with van der Waals surface area (Å²) in [5.74, 6) is 1.26. The fraction of sp³-hybridized carbons (Fsp3) is 1.00. The average Bonchev–Trinajstić information content (AvgIpc) is 2.80. The summed E-state index contributed by atoms with van der Waals surface area (Å²) in [7, 11) is 0. The van der Waals surface area contributed by atoms with Crippen LogP contribution in [0.4, 0.5) is 0 Å². The maximum absolute atomic E-state index is 10.4. The van der Waals surface area contributed by atoms with Gasteiger partial charge >= 0.3 is 0 Å². The van der Waals surface area contributed by atoms with E-state index in [2.05, 4.69) is 18.7 Å². The zero-order valence-electron chi connectivity index (χ0n) is 11.4. The summed E-state index contributed by atoms with van der Waals surface area (Å²) in [5.41, 5.74) is 5.17. The molecule has 0 aromatic heterocycles. The molecule has 1 aliphatic carbocycles. The summed E-state index contributed by atoms with van der Waals surface area (Å²) >= 11 is 0. The van der Waals surface area contributed by atoms with Gasteiger partial charge in [-0.1, -0.05) is 13.3 Å². The molecule has 3 heteroatoms. The zero-order valence-corrected chi connectivity index (χ0v) is 11.4. The number of hydrogen-bond donors (Lipinski definition) is 2. The van der Waals surface area contributed by atoms with Gasteiger partial charge in [-0.3, -0.25) is 0 Å². The van der Waals surface area contributed by atoms with Gasteiger partial charge in [0.1, 0.15) is 0 Å². The third kappa shape index (κ3) is 2.83. The predicted molar refractivity (Wildman–Crippen MR) is 70.8 cm³/mol. The third-order valence-corrected chi connectivity index (χ3v) is 4.95. The fourth-order valence-corrected chi connectivity index (χ4v) is 3.83. The number of likely N-dealkylation sites (tertiary alicyclic amines) is 1. The van der Waals surface area contributed by atoms with Gasteiger partial charge in [-0.15, -0.1) is 0 Å². The standard InChI is InChI=1S/C14H28N2O/c1-11-8-12(2)16(9-11)7-5-13-4-3-6-14(13,17)10-15/h11-13,17H,3-10,15H2,1-2H3. The van der Waals surface area contributed by atoms with Crippen LogP contribution in [0.5, 0.6) is 0 Å². The number of aliphatic hydroxyl groups is 1. The van der Waals surface area contributed by atoms with Gasteiger partial charge in [-0.05, 0) is 51.0 Å². The molecule has 3 N–H and O–H groups in total. The van der Waals surface area contributed by atoms with E-state index in [0.29, 0.717) is 12.5 Å². The normalized spacial score (nSPS) is 43.4. The minimum absolute atomic E-state index is 0.426. The van der Waals surface area contributed by atoms with E-state index in [9.17, 15) is 5.11 Å². The molecule has 0 amide bonds. The quantitative estimate of drug-likeness (QED) is 0.784. The van der Waals surface area contributed by atoms with Crippen molar-refractivity contribution in [2.75, 3.05) is 19.6 Å². The molecule has 2 rings (SSSR count). The van der Waals surface area contributed by atoms with Crippen LogP contribution in [0.25, 0.3) is 0 Å². The Labute approximate surface area is 105 Å². The Balaban J connectivity index is 1.82. The number of nitrogens with zero attached hydrogens (tertiary/aromatic N) is 1. The highest BCUT2D eigenvalue weighted by atomic mass is 16.3. The van der Waals surface area contributed by atoms with Gasteiger partial charge in [0.2, 0.25) is 0 Å². The van der Waals surface area contributed by atoms with Crippen molar-refractivity contribution in [2.24, 2.45) is 17.6 Å². The Morgan fingerprint density at radius 2 is 2.18 bits per heavy atom. The van der Waals surface area contributed by atoms with Crippen molar-refractivity contribution in [3.05, 3.63) is 0 Å². The molecule has 1 aliphatic heterocycles. The topological polar surface area (TPSA) is 49.5 Å². The maximum Gasteiger partial charge on any atom is 0.0797 e. The van der Waals surface area contributed by atoms with Crippen LogP contribution in [-0.2, 0) is 0 Å². The molecule has 0 aromatic carbocycles. The van der Waals surface area contributed by atoms with Gasteiger partial charge in [-0.25, -0.2) is 0 Å². The molecule has 2 fully saturated rings. The molecule has 1 saturated heterocycles. The molecular formula is C14H28N2O. The minimum atomic E-state index is -0.561. The van der Waals surface area contributed by atoms with E-state index >= 15 is 0 Å². The lowest BCUT2D eigenvalue weighted by atomic mass is 9.88. The van der Waals surface area contributed by atoms with Crippen molar-refractivity contribution >= 4 is 0 Å². The van der Waals surface area contributed by atoms with Crippen molar-refractivity contribution in [1.82, 2.24) is 4.90 Å². The van der Waals surface area contributed by atoms with E-state index in [1.165, 1.54) is 13.0 Å². The summed E-state index contributed by atoms with van der Waals surface area (Å²) in [5, 5.41) is 10.4. The highest BCUT2D eigenvalue weighted by Gasteiger charge is 2.40. The van der Waals surface area contributed by atoms with Crippen LogP contribution in [0.3, 0.4) is 0 Å². The second-order valence-electron chi connectivity index (χ2n) is 6.37. The molecule has 0 spiro atoms. The highest BCUT2D eigenvalue weighted by molar-refractivity contribution is 4.94. The van der Waals surface area contributed by atoms with Crippen LogP contribution in [0.15, 0.2) is 0 Å². The third-order valence-electron chi connectivity index (χ3n) is 4.95. The largest absolute Gasteiger partial charge is 0.388 e. The molecule has 0 aromatic rings. The van der Waals surface area contributed by atoms with Crippen LogP contribution in [0.2, 0.25) is 0 Å². The van der Waals surface area contributed by atoms with Crippen molar-refractivity contribution in [1.29, 1.82) is 0 Å². The molecule has 0 radical (unpaired) electrons. The molecule has 4 unspecified atom stereocenters. The molecule has 1 saturated carbocycles. The van der Waals surface area contributed by atoms with Crippen LogP contribution in [0.1, 0.15) is 46.0 Å². The molecule has 4 atom stereocenters. The maximum atomic E-state index is 10.4. The average molecular weight is 240 g/mol. The summed E-state index contributed by atoms with van der Waals surface area (Å²) < 4.78 is 0. The summed E-state index contributed by atoms with van der Waals surface area (Å²) in [4.78, 5) is 2.58. The predicted octanol–water partition coefficient (Wildman–Crippen LogP) is 1.60. The van der Waals surface area contributed by atoms with Crippen molar-refractivity contribution in [3.63, 3.8) is 0 Å². The Hall–Kier alpha value is -0.120. The number of nitrogens with two attached hydrogens (primary N) is 1. The first-order valence-corrected chi connectivity index (χ1v) is 7.21. The smallest absolute Gasteiger partial charge is 0.0797 e. The monoisotopic (exact) mass is 240 g/mol. The molecule has 1 heterocycles. The fourth-order valence-electron chi connectivity index (χ4n) is 3.83. The first-order valence-electron chi connectivity index (χ1n) is 7.21. The van der Waals surface area contributed by atoms with Crippen LogP contribution in [-0.4, -0.2) is 41.3 Å². The Morgan fingerprint density at radius 1 is 1.41 bits per heavy atom. The Bertz CT molecular complexity index is 259. The number of rotatable bonds is 4.